The van der Waals surface area contributed by atoms with Crippen LogP contribution in [0.1, 0.15) is 11.1 Å². The number of fused-ring (bicyclic) bond motifs is 1. The van der Waals surface area contributed by atoms with E-state index in [4.69, 9.17) is 0 Å². The lowest BCUT2D eigenvalue weighted by Gasteiger charge is -2.09. The molecule has 4 nitrogen and oxygen atoms in total. The molecule has 4 heteroatoms. The lowest BCUT2D eigenvalue weighted by molar-refractivity contribution is 0.187. The van der Waals surface area contributed by atoms with Crippen LogP contribution in [-0.2, 0) is 12.8 Å². The summed E-state index contributed by atoms with van der Waals surface area (Å²) in [6.07, 6.45) is 0.987. The number of nitrogens with one attached hydrogen (secondary N) is 2. The van der Waals surface area contributed by atoms with Gasteiger partial charge < -0.3 is 15.7 Å². The zero-order chi connectivity index (χ0) is 10.8. The van der Waals surface area contributed by atoms with Gasteiger partial charge in [-0.25, -0.2) is 4.79 Å². The van der Waals surface area contributed by atoms with Gasteiger partial charge >= 0.3 is 6.03 Å². The lowest BCUT2D eigenvalue weighted by atomic mass is 10.1. The number of carbonyl (C=O) groups excluding carboxylic acids is 1. The second-order valence-electron chi connectivity index (χ2n) is 3.71. The largest absolute Gasteiger partial charge is 0.392 e. The molecule has 1 aliphatic rings. The summed E-state index contributed by atoms with van der Waals surface area (Å²) in [4.78, 5) is 11.2. The summed E-state index contributed by atoms with van der Waals surface area (Å²) in [6.45, 7) is 0. The van der Waals surface area contributed by atoms with E-state index < -0.39 is 0 Å². The van der Waals surface area contributed by atoms with Gasteiger partial charge in [0, 0.05) is 19.2 Å². The third-order valence-corrected chi connectivity index (χ3v) is 2.64. The van der Waals surface area contributed by atoms with Gasteiger partial charge in [-0.15, -0.1) is 0 Å². The minimum absolute atomic E-state index is 0.232. The second kappa shape index (κ2) is 3.90. The minimum Gasteiger partial charge on any atom is -0.392 e. The van der Waals surface area contributed by atoms with Gasteiger partial charge in [-0.3, -0.25) is 0 Å². The molecule has 1 aromatic rings. The van der Waals surface area contributed by atoms with E-state index >= 15 is 0 Å². The first-order chi connectivity index (χ1) is 7.20. The fraction of sp³-hybridized carbons (Fsp3) is 0.364. The van der Waals surface area contributed by atoms with Crippen molar-refractivity contribution in [3.63, 3.8) is 0 Å². The molecule has 0 radical (unpaired) electrons. The van der Waals surface area contributed by atoms with Crippen LogP contribution in [-0.4, -0.2) is 24.3 Å². The van der Waals surface area contributed by atoms with Crippen molar-refractivity contribution in [3.8, 4) is 0 Å². The van der Waals surface area contributed by atoms with E-state index in [9.17, 15) is 9.90 Å². The standard InChI is InChI=1S/C11H14N2O2/c1-12-11(15)13-10-4-2-3-7-5-8(14)6-9(7)10/h2-4,8,14H,5-6H2,1H3,(H2,12,13,15). The number of urea groups is 1. The van der Waals surface area contributed by atoms with Gasteiger partial charge in [-0.2, -0.15) is 0 Å². The maximum atomic E-state index is 11.2. The van der Waals surface area contributed by atoms with Crippen LogP contribution in [0.5, 0.6) is 0 Å². The van der Waals surface area contributed by atoms with E-state index in [1.54, 1.807) is 7.05 Å². The topological polar surface area (TPSA) is 61.4 Å². The Balaban J connectivity index is 2.26. The van der Waals surface area contributed by atoms with Crippen LogP contribution in [0.15, 0.2) is 18.2 Å². The molecule has 2 amide bonds. The fourth-order valence-electron chi connectivity index (χ4n) is 1.93. The van der Waals surface area contributed by atoms with Crippen LogP contribution in [0, 0.1) is 0 Å². The van der Waals surface area contributed by atoms with Crippen molar-refractivity contribution < 1.29 is 9.90 Å². The van der Waals surface area contributed by atoms with Crippen molar-refractivity contribution in [1.82, 2.24) is 5.32 Å². The Morgan fingerprint density at radius 3 is 3.00 bits per heavy atom. The van der Waals surface area contributed by atoms with E-state index in [0.717, 1.165) is 16.8 Å². The van der Waals surface area contributed by atoms with E-state index in [1.807, 2.05) is 18.2 Å². The van der Waals surface area contributed by atoms with Gasteiger partial charge in [0.25, 0.3) is 0 Å². The molecule has 2 rings (SSSR count). The molecular formula is C11H14N2O2. The average molecular weight is 206 g/mol. The SMILES string of the molecule is CNC(=O)Nc1cccc2c1CC(O)C2. The van der Waals surface area contributed by atoms with Crippen molar-refractivity contribution in [3.05, 3.63) is 29.3 Å². The molecule has 0 fully saturated rings. The molecule has 80 valence electrons. The number of hydrogen-bond donors (Lipinski definition) is 3. The summed E-state index contributed by atoms with van der Waals surface area (Å²) in [5, 5.41) is 14.8. The van der Waals surface area contributed by atoms with E-state index in [-0.39, 0.29) is 12.1 Å². The molecule has 0 heterocycles. The molecule has 0 bridgehead atoms. The van der Waals surface area contributed by atoms with Gasteiger partial charge in [0.2, 0.25) is 0 Å². The molecule has 1 unspecified atom stereocenters. The smallest absolute Gasteiger partial charge is 0.318 e. The number of benzene rings is 1. The van der Waals surface area contributed by atoms with Crippen LogP contribution >= 0.6 is 0 Å². The van der Waals surface area contributed by atoms with Crippen LogP contribution in [0.25, 0.3) is 0 Å². The highest BCUT2D eigenvalue weighted by Crippen LogP contribution is 2.28. The molecule has 0 saturated heterocycles. The third-order valence-electron chi connectivity index (χ3n) is 2.64. The Morgan fingerprint density at radius 2 is 2.27 bits per heavy atom. The number of aliphatic hydroxyl groups excluding tert-OH is 1. The van der Waals surface area contributed by atoms with Crippen molar-refractivity contribution in [2.75, 3.05) is 12.4 Å². The van der Waals surface area contributed by atoms with Crippen LogP contribution in [0.4, 0.5) is 10.5 Å². The van der Waals surface area contributed by atoms with E-state index in [2.05, 4.69) is 10.6 Å². The van der Waals surface area contributed by atoms with Gasteiger partial charge in [-0.1, -0.05) is 12.1 Å². The van der Waals surface area contributed by atoms with Crippen molar-refractivity contribution in [2.24, 2.45) is 0 Å². The van der Waals surface area contributed by atoms with Crippen molar-refractivity contribution in [2.45, 2.75) is 18.9 Å². The summed E-state index contributed by atoms with van der Waals surface area (Å²) >= 11 is 0. The predicted octanol–water partition coefficient (Wildman–Crippen LogP) is 0.897. The van der Waals surface area contributed by atoms with Crippen molar-refractivity contribution in [1.29, 1.82) is 0 Å². The highest BCUT2D eigenvalue weighted by molar-refractivity contribution is 5.90. The molecule has 1 atom stereocenters. The zero-order valence-corrected chi connectivity index (χ0v) is 8.58. The first-order valence-corrected chi connectivity index (χ1v) is 4.98. The Morgan fingerprint density at radius 1 is 1.47 bits per heavy atom. The maximum Gasteiger partial charge on any atom is 0.318 e. The average Bonchev–Trinajstić information content (AvgIpc) is 2.59. The molecule has 0 aromatic heterocycles. The second-order valence-corrected chi connectivity index (χ2v) is 3.71. The highest BCUT2D eigenvalue weighted by atomic mass is 16.3. The number of hydrogen-bond acceptors (Lipinski definition) is 2. The van der Waals surface area contributed by atoms with Crippen LogP contribution in [0.2, 0.25) is 0 Å². The molecule has 3 N–H and O–H groups in total. The summed E-state index contributed by atoms with van der Waals surface area (Å²) in [5.74, 6) is 0. The van der Waals surface area contributed by atoms with Crippen LogP contribution < -0.4 is 10.6 Å². The van der Waals surface area contributed by atoms with Crippen LogP contribution in [0.3, 0.4) is 0 Å². The quantitative estimate of drug-likeness (QED) is 0.639. The van der Waals surface area contributed by atoms with Gasteiger partial charge in [0.1, 0.15) is 0 Å². The fourth-order valence-corrected chi connectivity index (χ4v) is 1.93. The van der Waals surface area contributed by atoms with Gasteiger partial charge in [-0.05, 0) is 23.6 Å². The molecule has 1 aromatic carbocycles. The summed E-state index contributed by atoms with van der Waals surface area (Å²) in [6, 6.07) is 5.50. The molecule has 1 aliphatic carbocycles. The lowest BCUT2D eigenvalue weighted by Crippen LogP contribution is -2.25. The highest BCUT2D eigenvalue weighted by Gasteiger charge is 2.22. The van der Waals surface area contributed by atoms with Gasteiger partial charge in [0.05, 0.1) is 6.10 Å². The number of amides is 2. The first-order valence-electron chi connectivity index (χ1n) is 4.98. The predicted molar refractivity (Wildman–Crippen MR) is 57.9 cm³/mol. The summed E-state index contributed by atoms with van der Waals surface area (Å²) in [5.41, 5.74) is 2.97. The van der Waals surface area contributed by atoms with E-state index in [0.29, 0.717) is 12.8 Å². The number of carbonyl (C=O) groups is 1. The summed E-state index contributed by atoms with van der Waals surface area (Å²) < 4.78 is 0. The molecule has 0 spiro atoms. The van der Waals surface area contributed by atoms with Crippen molar-refractivity contribution >= 4 is 11.7 Å². The number of rotatable bonds is 1. The molecule has 0 saturated carbocycles. The normalized spacial score (nSPS) is 18.4. The Bertz CT molecular complexity index is 390. The van der Waals surface area contributed by atoms with E-state index in [1.165, 1.54) is 0 Å². The molecular weight excluding hydrogens is 192 g/mol. The Hall–Kier alpha value is -1.55. The zero-order valence-electron chi connectivity index (χ0n) is 8.58. The monoisotopic (exact) mass is 206 g/mol. The Kier molecular flexibility index (Phi) is 2.60. The Labute approximate surface area is 88.3 Å². The molecule has 0 aliphatic heterocycles. The minimum atomic E-state index is -0.312. The summed E-state index contributed by atoms with van der Waals surface area (Å²) in [7, 11) is 1.58. The third kappa shape index (κ3) is 1.94. The number of anilines is 1. The maximum absolute atomic E-state index is 11.2. The molecule has 15 heavy (non-hydrogen) atoms. The number of aliphatic hydroxyl groups is 1. The van der Waals surface area contributed by atoms with Gasteiger partial charge in [0.15, 0.2) is 0 Å². The first kappa shape index (κ1) is 9.98.